The third-order valence-corrected chi connectivity index (χ3v) is 5.86. The van der Waals surface area contributed by atoms with Crippen molar-refractivity contribution in [3.8, 4) is 6.07 Å². The van der Waals surface area contributed by atoms with Crippen LogP contribution in [0.5, 0.6) is 0 Å². The normalized spacial score (nSPS) is 42.2. The molecule has 4 aliphatic carbocycles. The maximum absolute atomic E-state index is 12.3. The number of nitriles is 1. The minimum absolute atomic E-state index is 0.217. The molecule has 0 N–H and O–H groups in total. The van der Waals surface area contributed by atoms with E-state index in [0.717, 1.165) is 19.3 Å². The summed E-state index contributed by atoms with van der Waals surface area (Å²) in [5.41, 5.74) is -1.36. The summed E-state index contributed by atoms with van der Waals surface area (Å²) in [7, 11) is 1.37. The predicted molar refractivity (Wildman–Crippen MR) is 70.9 cm³/mol. The largest absolute Gasteiger partial charge is 0.468 e. The van der Waals surface area contributed by atoms with Crippen LogP contribution in [-0.2, 0) is 9.53 Å². The summed E-state index contributed by atoms with van der Waals surface area (Å²) in [6, 6.07) is 2.28. The summed E-state index contributed by atoms with van der Waals surface area (Å²) in [5.74, 6) is 1.68. The molecule has 0 saturated heterocycles. The Kier molecular flexibility index (Phi) is 2.74. The van der Waals surface area contributed by atoms with Crippen LogP contribution in [0.4, 0.5) is 0 Å². The number of nitrogens with zero attached hydrogens (tertiary/aromatic N) is 1. The number of rotatable bonds is 3. The Morgan fingerprint density at radius 2 is 1.79 bits per heavy atom. The molecule has 1 atom stereocenters. The van der Waals surface area contributed by atoms with E-state index in [1.54, 1.807) is 6.08 Å². The molecular weight excluding hydrogens is 238 g/mol. The van der Waals surface area contributed by atoms with Crippen molar-refractivity contribution in [1.29, 1.82) is 5.26 Å². The molecule has 1 unspecified atom stereocenters. The van der Waals surface area contributed by atoms with Crippen LogP contribution < -0.4 is 0 Å². The molecule has 4 rings (SSSR count). The SMILES string of the molecule is C=CC(C#N)(C(=O)OC)C12CC3CC(CC(C3)C1)C2. The van der Waals surface area contributed by atoms with E-state index in [1.807, 2.05) is 0 Å². The fourth-order valence-electron chi connectivity index (χ4n) is 5.48. The monoisotopic (exact) mass is 259 g/mol. The molecule has 4 saturated carbocycles. The van der Waals surface area contributed by atoms with Crippen molar-refractivity contribution in [2.75, 3.05) is 7.11 Å². The second-order valence-corrected chi connectivity index (χ2v) is 6.81. The highest BCUT2D eigenvalue weighted by Crippen LogP contribution is 2.66. The first kappa shape index (κ1) is 12.7. The fraction of sp³-hybridized carbons (Fsp3) is 0.750. The van der Waals surface area contributed by atoms with Crippen molar-refractivity contribution in [2.45, 2.75) is 38.5 Å². The zero-order valence-corrected chi connectivity index (χ0v) is 11.5. The molecule has 3 heteroatoms. The third-order valence-electron chi connectivity index (χ3n) is 5.86. The first-order valence-electron chi connectivity index (χ1n) is 7.22. The molecular formula is C16H21NO2. The Morgan fingerprint density at radius 1 is 1.32 bits per heavy atom. The van der Waals surface area contributed by atoms with Gasteiger partial charge in [-0.05, 0) is 56.3 Å². The number of carbonyl (C=O) groups is 1. The van der Waals surface area contributed by atoms with E-state index < -0.39 is 11.4 Å². The van der Waals surface area contributed by atoms with E-state index in [2.05, 4.69) is 12.6 Å². The van der Waals surface area contributed by atoms with Crippen LogP contribution >= 0.6 is 0 Å². The highest BCUT2D eigenvalue weighted by atomic mass is 16.5. The third kappa shape index (κ3) is 1.52. The van der Waals surface area contributed by atoms with Crippen LogP contribution in [0.25, 0.3) is 0 Å². The van der Waals surface area contributed by atoms with Crippen molar-refractivity contribution >= 4 is 5.97 Å². The van der Waals surface area contributed by atoms with Crippen LogP contribution in [0, 0.1) is 39.9 Å². The molecule has 4 aliphatic rings. The van der Waals surface area contributed by atoms with Gasteiger partial charge in [-0.1, -0.05) is 6.08 Å². The predicted octanol–water partition coefficient (Wildman–Crippen LogP) is 3.07. The van der Waals surface area contributed by atoms with E-state index in [-0.39, 0.29) is 5.41 Å². The van der Waals surface area contributed by atoms with E-state index in [4.69, 9.17) is 4.74 Å². The summed E-state index contributed by atoms with van der Waals surface area (Å²) in [5, 5.41) is 9.72. The van der Waals surface area contributed by atoms with Crippen molar-refractivity contribution < 1.29 is 9.53 Å². The highest BCUT2D eigenvalue weighted by Gasteiger charge is 2.63. The quantitative estimate of drug-likeness (QED) is 0.578. The maximum atomic E-state index is 12.3. The lowest BCUT2D eigenvalue weighted by atomic mass is 9.43. The Hall–Kier alpha value is -1.30. The van der Waals surface area contributed by atoms with Gasteiger partial charge in [-0.3, -0.25) is 0 Å². The topological polar surface area (TPSA) is 50.1 Å². The summed E-state index contributed by atoms with van der Waals surface area (Å²) < 4.78 is 4.95. The average molecular weight is 259 g/mol. The minimum atomic E-state index is -1.14. The number of hydrogen-bond donors (Lipinski definition) is 0. The molecule has 4 bridgehead atoms. The molecule has 102 valence electrons. The Morgan fingerprint density at radius 3 is 2.11 bits per heavy atom. The van der Waals surface area contributed by atoms with Crippen LogP contribution in [0.3, 0.4) is 0 Å². The van der Waals surface area contributed by atoms with Crippen molar-refractivity contribution in [2.24, 2.45) is 28.6 Å². The molecule has 3 nitrogen and oxygen atoms in total. The standard InChI is InChI=1S/C16H21NO2/c1-3-16(10-17,14(18)19-2)15-7-11-4-12(8-15)6-13(5-11)9-15/h3,11-13H,1,4-9H2,2H3. The Balaban J connectivity index is 2.05. The van der Waals surface area contributed by atoms with Gasteiger partial charge < -0.3 is 4.74 Å². The van der Waals surface area contributed by atoms with Crippen LogP contribution in [0.2, 0.25) is 0 Å². The number of methoxy groups -OCH3 is 1. The number of hydrogen-bond acceptors (Lipinski definition) is 3. The van der Waals surface area contributed by atoms with E-state index in [0.29, 0.717) is 17.8 Å². The lowest BCUT2D eigenvalue weighted by Crippen LogP contribution is -2.56. The van der Waals surface area contributed by atoms with Gasteiger partial charge in [0.1, 0.15) is 0 Å². The molecule has 0 amide bonds. The lowest BCUT2D eigenvalue weighted by molar-refractivity contribution is -0.165. The molecule has 0 aromatic heterocycles. The summed E-state index contributed by atoms with van der Waals surface area (Å²) >= 11 is 0. The number of carbonyl (C=O) groups excluding carboxylic acids is 1. The van der Waals surface area contributed by atoms with Crippen LogP contribution in [-0.4, -0.2) is 13.1 Å². The number of esters is 1. The molecule has 0 heterocycles. The van der Waals surface area contributed by atoms with Crippen LogP contribution in [0.15, 0.2) is 12.7 Å². The van der Waals surface area contributed by atoms with Gasteiger partial charge in [0.05, 0.1) is 13.2 Å². The van der Waals surface area contributed by atoms with E-state index >= 15 is 0 Å². The molecule has 0 aromatic rings. The molecule has 0 spiro atoms. The molecule has 0 aromatic carbocycles. The van der Waals surface area contributed by atoms with Crippen molar-refractivity contribution in [1.82, 2.24) is 0 Å². The molecule has 4 fully saturated rings. The second-order valence-electron chi connectivity index (χ2n) is 6.81. The summed E-state index contributed by atoms with van der Waals surface area (Å²) in [6.45, 7) is 3.81. The molecule has 0 radical (unpaired) electrons. The zero-order chi connectivity index (χ0) is 13.7. The minimum Gasteiger partial charge on any atom is -0.468 e. The smallest absolute Gasteiger partial charge is 0.330 e. The maximum Gasteiger partial charge on any atom is 0.330 e. The van der Waals surface area contributed by atoms with Gasteiger partial charge in [-0.25, -0.2) is 4.79 Å². The van der Waals surface area contributed by atoms with Gasteiger partial charge in [0.2, 0.25) is 0 Å². The number of ether oxygens (including phenoxy) is 1. The van der Waals surface area contributed by atoms with Gasteiger partial charge in [-0.15, -0.1) is 6.58 Å². The van der Waals surface area contributed by atoms with Crippen molar-refractivity contribution in [3.05, 3.63) is 12.7 Å². The average Bonchev–Trinajstić information content (AvgIpc) is 2.38. The summed E-state index contributed by atoms with van der Waals surface area (Å²) in [4.78, 5) is 12.3. The molecule has 19 heavy (non-hydrogen) atoms. The summed E-state index contributed by atoms with van der Waals surface area (Å²) in [6.07, 6.45) is 8.41. The highest BCUT2D eigenvalue weighted by molar-refractivity contribution is 5.83. The second kappa shape index (κ2) is 4.10. The first-order chi connectivity index (χ1) is 9.09. The van der Waals surface area contributed by atoms with E-state index in [9.17, 15) is 10.1 Å². The van der Waals surface area contributed by atoms with Gasteiger partial charge in [0.25, 0.3) is 0 Å². The zero-order valence-electron chi connectivity index (χ0n) is 11.5. The lowest BCUT2D eigenvalue weighted by Gasteiger charge is -2.60. The van der Waals surface area contributed by atoms with E-state index in [1.165, 1.54) is 26.4 Å². The van der Waals surface area contributed by atoms with Gasteiger partial charge in [-0.2, -0.15) is 5.26 Å². The Labute approximate surface area is 114 Å². The van der Waals surface area contributed by atoms with Crippen LogP contribution in [0.1, 0.15) is 38.5 Å². The van der Waals surface area contributed by atoms with Gasteiger partial charge >= 0.3 is 5.97 Å². The van der Waals surface area contributed by atoms with Crippen molar-refractivity contribution in [3.63, 3.8) is 0 Å². The van der Waals surface area contributed by atoms with Gasteiger partial charge in [0.15, 0.2) is 5.41 Å². The fourth-order valence-corrected chi connectivity index (χ4v) is 5.48. The first-order valence-corrected chi connectivity index (χ1v) is 7.22. The van der Waals surface area contributed by atoms with Gasteiger partial charge in [0, 0.05) is 5.41 Å². The molecule has 0 aliphatic heterocycles. The Bertz CT molecular complexity index is 427.